The highest BCUT2D eigenvalue weighted by Gasteiger charge is 2.28. The summed E-state index contributed by atoms with van der Waals surface area (Å²) in [5.74, 6) is 0.561. The average molecular weight is 557 g/mol. The van der Waals surface area contributed by atoms with Crippen LogP contribution in [-0.4, -0.2) is 75.4 Å². The topological polar surface area (TPSA) is 96.3 Å². The van der Waals surface area contributed by atoms with Gasteiger partial charge in [0.25, 0.3) is 5.91 Å². The average Bonchev–Trinajstić information content (AvgIpc) is 3.45. The SMILES string of the molecule is COc1ccccc1-c1cc(C2=CCCN(C(=O)CCn3ccnn3)C2)c(F)c2[nH]c(C(=O)N(C)CC3CC3)cc12. The molecule has 2 aromatic carbocycles. The predicted molar refractivity (Wildman–Crippen MR) is 154 cm³/mol. The Bertz CT molecular complexity index is 1620. The Morgan fingerprint density at radius 2 is 2.00 bits per heavy atom. The number of benzene rings is 2. The Morgan fingerprint density at radius 3 is 2.76 bits per heavy atom. The number of ether oxygens (including phenoxy) is 1. The third kappa shape index (κ3) is 5.46. The maximum absolute atomic E-state index is 16.3. The van der Waals surface area contributed by atoms with Crippen molar-refractivity contribution in [3.63, 3.8) is 0 Å². The van der Waals surface area contributed by atoms with Gasteiger partial charge >= 0.3 is 0 Å². The van der Waals surface area contributed by atoms with Crippen molar-refractivity contribution in [2.75, 3.05) is 33.8 Å². The Hall–Kier alpha value is -4.47. The summed E-state index contributed by atoms with van der Waals surface area (Å²) in [4.78, 5) is 32.9. The molecule has 1 saturated carbocycles. The van der Waals surface area contributed by atoms with E-state index in [1.54, 1.807) is 47.1 Å². The van der Waals surface area contributed by atoms with Gasteiger partial charge in [0, 0.05) is 55.8 Å². The second kappa shape index (κ2) is 11.2. The standard InChI is InChI=1S/C31H33FN6O3/c1-36(18-20-9-10-20)31(40)26-17-25-24(22-7-3-4-8-27(22)41-2)16-23(29(32)30(25)34-26)21-6-5-13-37(19-21)28(39)11-14-38-15-12-33-35-38/h3-4,6-8,12,15-17,20,34H,5,9-11,13-14,18-19H2,1-2H3. The van der Waals surface area contributed by atoms with Crippen LogP contribution in [0.5, 0.6) is 5.75 Å². The van der Waals surface area contributed by atoms with E-state index in [2.05, 4.69) is 15.3 Å². The fraction of sp³-hybridized carbons (Fsp3) is 0.355. The zero-order valence-corrected chi connectivity index (χ0v) is 23.3. The van der Waals surface area contributed by atoms with E-state index in [0.717, 1.165) is 29.5 Å². The van der Waals surface area contributed by atoms with Crippen LogP contribution in [0.4, 0.5) is 4.39 Å². The van der Waals surface area contributed by atoms with E-state index in [9.17, 15) is 9.59 Å². The quantitative estimate of drug-likeness (QED) is 0.321. The van der Waals surface area contributed by atoms with Crippen molar-refractivity contribution < 1.29 is 18.7 Å². The van der Waals surface area contributed by atoms with Crippen molar-refractivity contribution in [2.24, 2.45) is 5.92 Å². The van der Waals surface area contributed by atoms with Crippen LogP contribution < -0.4 is 4.74 Å². The van der Waals surface area contributed by atoms with Gasteiger partial charge in [-0.05, 0) is 54.5 Å². The Morgan fingerprint density at radius 1 is 1.17 bits per heavy atom. The zero-order chi connectivity index (χ0) is 28.5. The molecule has 0 saturated heterocycles. The molecule has 3 heterocycles. The molecule has 0 unspecified atom stereocenters. The number of para-hydroxylation sites is 1. The van der Waals surface area contributed by atoms with Crippen molar-refractivity contribution in [3.05, 3.63) is 71.9 Å². The van der Waals surface area contributed by atoms with Gasteiger partial charge in [-0.2, -0.15) is 0 Å². The minimum absolute atomic E-state index is 0.0241. The molecule has 0 spiro atoms. The first-order valence-electron chi connectivity index (χ1n) is 14.0. The number of rotatable bonds is 9. The molecule has 2 aromatic heterocycles. The maximum Gasteiger partial charge on any atom is 0.270 e. The summed E-state index contributed by atoms with van der Waals surface area (Å²) in [6.07, 6.45) is 8.46. The summed E-state index contributed by atoms with van der Waals surface area (Å²) >= 11 is 0. The van der Waals surface area contributed by atoms with Crippen LogP contribution in [0.2, 0.25) is 0 Å². The van der Waals surface area contributed by atoms with Gasteiger partial charge < -0.3 is 19.5 Å². The molecule has 0 bridgehead atoms. The monoisotopic (exact) mass is 556 g/mol. The van der Waals surface area contributed by atoms with Crippen LogP contribution in [0.3, 0.4) is 0 Å². The van der Waals surface area contributed by atoms with Gasteiger partial charge in [0.1, 0.15) is 11.4 Å². The molecule has 1 aliphatic carbocycles. The van der Waals surface area contributed by atoms with Gasteiger partial charge in [0.2, 0.25) is 5.91 Å². The lowest BCUT2D eigenvalue weighted by atomic mass is 9.93. The number of halogens is 1. The highest BCUT2D eigenvalue weighted by atomic mass is 19.1. The van der Waals surface area contributed by atoms with Gasteiger partial charge in [-0.15, -0.1) is 5.10 Å². The fourth-order valence-corrected chi connectivity index (χ4v) is 5.55. The molecule has 1 aliphatic heterocycles. The molecule has 0 radical (unpaired) electrons. The largest absolute Gasteiger partial charge is 0.496 e. The molecule has 9 nitrogen and oxygen atoms in total. The second-order valence-electron chi connectivity index (χ2n) is 10.8. The number of hydrogen-bond acceptors (Lipinski definition) is 5. The van der Waals surface area contributed by atoms with E-state index in [-0.39, 0.29) is 23.8 Å². The van der Waals surface area contributed by atoms with Crippen molar-refractivity contribution in [1.29, 1.82) is 0 Å². The van der Waals surface area contributed by atoms with Gasteiger partial charge in [-0.1, -0.05) is 29.5 Å². The van der Waals surface area contributed by atoms with Crippen molar-refractivity contribution >= 4 is 28.3 Å². The Balaban J connectivity index is 1.37. The molecule has 1 N–H and O–H groups in total. The van der Waals surface area contributed by atoms with E-state index in [4.69, 9.17) is 4.74 Å². The summed E-state index contributed by atoms with van der Waals surface area (Å²) < 4.78 is 23.6. The van der Waals surface area contributed by atoms with E-state index in [1.165, 1.54) is 0 Å². The molecular formula is C31H33FN6O3. The first kappa shape index (κ1) is 26.7. The molecule has 1 fully saturated rings. The van der Waals surface area contributed by atoms with Crippen LogP contribution in [0.15, 0.2) is 54.9 Å². The molecule has 6 rings (SSSR count). The first-order valence-corrected chi connectivity index (χ1v) is 14.0. The minimum atomic E-state index is -0.439. The van der Waals surface area contributed by atoms with E-state index >= 15 is 4.39 Å². The lowest BCUT2D eigenvalue weighted by Gasteiger charge is -2.28. The van der Waals surface area contributed by atoms with E-state index < -0.39 is 5.82 Å². The third-order valence-corrected chi connectivity index (χ3v) is 7.93. The van der Waals surface area contributed by atoms with Gasteiger partial charge in [0.15, 0.2) is 5.82 Å². The number of hydrogen-bond donors (Lipinski definition) is 1. The molecule has 41 heavy (non-hydrogen) atoms. The number of aryl methyl sites for hydroxylation is 1. The van der Waals surface area contributed by atoms with Crippen LogP contribution in [0.1, 0.15) is 41.7 Å². The molecule has 10 heteroatoms. The molecule has 212 valence electrons. The molecule has 0 atom stereocenters. The second-order valence-corrected chi connectivity index (χ2v) is 10.8. The zero-order valence-electron chi connectivity index (χ0n) is 23.3. The number of aromatic amines is 1. The molecule has 2 aliphatic rings. The van der Waals surface area contributed by atoms with E-state index in [1.807, 2.05) is 36.4 Å². The van der Waals surface area contributed by atoms with Crippen LogP contribution in [0.25, 0.3) is 27.6 Å². The summed E-state index contributed by atoms with van der Waals surface area (Å²) in [5.41, 5.74) is 3.29. The van der Waals surface area contributed by atoms with Crippen LogP contribution >= 0.6 is 0 Å². The normalized spacial score (nSPS) is 15.2. The number of fused-ring (bicyclic) bond motifs is 1. The number of nitrogens with zero attached hydrogens (tertiary/aromatic N) is 5. The number of aromatic nitrogens is 4. The summed E-state index contributed by atoms with van der Waals surface area (Å²) in [5, 5.41) is 8.32. The lowest BCUT2D eigenvalue weighted by Crippen LogP contribution is -2.36. The molecular weight excluding hydrogens is 523 g/mol. The smallest absolute Gasteiger partial charge is 0.270 e. The maximum atomic E-state index is 16.3. The first-order chi connectivity index (χ1) is 19.9. The number of methoxy groups -OCH3 is 1. The van der Waals surface area contributed by atoms with Crippen LogP contribution in [0, 0.1) is 11.7 Å². The number of nitrogens with one attached hydrogen (secondary N) is 1. The number of carbonyl (C=O) groups excluding carboxylic acids is 2. The van der Waals surface area contributed by atoms with Crippen molar-refractivity contribution in [2.45, 2.75) is 32.2 Å². The Kier molecular flexibility index (Phi) is 7.30. The van der Waals surface area contributed by atoms with Gasteiger partial charge in [-0.25, -0.2) is 4.39 Å². The van der Waals surface area contributed by atoms with Crippen molar-refractivity contribution in [3.8, 4) is 16.9 Å². The molecule has 2 amide bonds. The highest BCUT2D eigenvalue weighted by Crippen LogP contribution is 2.40. The summed E-state index contributed by atoms with van der Waals surface area (Å²) in [6.45, 7) is 1.98. The lowest BCUT2D eigenvalue weighted by molar-refractivity contribution is -0.131. The molecule has 4 aromatic rings. The fourth-order valence-electron chi connectivity index (χ4n) is 5.55. The minimum Gasteiger partial charge on any atom is -0.496 e. The summed E-state index contributed by atoms with van der Waals surface area (Å²) in [6, 6.07) is 11.1. The van der Waals surface area contributed by atoms with Gasteiger partial charge in [0.05, 0.1) is 25.4 Å². The van der Waals surface area contributed by atoms with Gasteiger partial charge in [-0.3, -0.25) is 14.3 Å². The summed E-state index contributed by atoms with van der Waals surface area (Å²) in [7, 11) is 3.39. The highest BCUT2D eigenvalue weighted by molar-refractivity contribution is 6.05. The number of amides is 2. The van der Waals surface area contributed by atoms with Crippen LogP contribution in [-0.2, 0) is 11.3 Å². The predicted octanol–water partition coefficient (Wildman–Crippen LogP) is 4.76. The number of H-pyrrole nitrogens is 1. The third-order valence-electron chi connectivity index (χ3n) is 7.93. The Labute approximate surface area is 237 Å². The number of carbonyl (C=O) groups is 2. The van der Waals surface area contributed by atoms with Crippen molar-refractivity contribution in [1.82, 2.24) is 29.8 Å². The van der Waals surface area contributed by atoms with E-state index in [0.29, 0.717) is 60.9 Å².